The van der Waals surface area contributed by atoms with E-state index in [1.165, 1.54) is 12.0 Å². The van der Waals surface area contributed by atoms with Gasteiger partial charge in [-0.15, -0.1) is 0 Å². The van der Waals surface area contributed by atoms with Crippen molar-refractivity contribution in [1.82, 2.24) is 4.90 Å². The van der Waals surface area contributed by atoms with Crippen molar-refractivity contribution in [2.45, 2.75) is 12.8 Å². The number of likely N-dealkylation sites (N-methyl/N-ethyl adjacent to an activating group) is 1. The second-order valence-corrected chi connectivity index (χ2v) is 4.74. The molecule has 0 radical (unpaired) electrons. The van der Waals surface area contributed by atoms with Crippen LogP contribution in [0.3, 0.4) is 0 Å². The Bertz CT molecular complexity index is 271. The zero-order valence-corrected chi connectivity index (χ0v) is 10.8. The number of nitrogens with zero attached hydrogens (tertiary/aromatic N) is 1. The molecule has 15 heavy (non-hydrogen) atoms. The summed E-state index contributed by atoms with van der Waals surface area (Å²) in [4.78, 5) is 2.28. The minimum absolute atomic E-state index is 0.745. The van der Waals surface area contributed by atoms with E-state index in [4.69, 9.17) is 5.73 Å². The Balaban J connectivity index is 2.22. The van der Waals surface area contributed by atoms with Gasteiger partial charge in [0.15, 0.2) is 0 Å². The lowest BCUT2D eigenvalue weighted by Crippen LogP contribution is -2.26. The van der Waals surface area contributed by atoms with E-state index in [9.17, 15) is 0 Å². The normalized spacial score (nSPS) is 10.9. The number of nitrogens with two attached hydrogens (primary N) is 1. The van der Waals surface area contributed by atoms with Crippen molar-refractivity contribution in [1.29, 1.82) is 0 Å². The van der Waals surface area contributed by atoms with Crippen LogP contribution in [0.2, 0.25) is 0 Å². The maximum absolute atomic E-state index is 5.48. The van der Waals surface area contributed by atoms with Gasteiger partial charge in [-0.2, -0.15) is 0 Å². The number of halogens is 1. The van der Waals surface area contributed by atoms with E-state index in [1.807, 2.05) is 0 Å². The van der Waals surface area contributed by atoms with Gasteiger partial charge >= 0.3 is 0 Å². The Morgan fingerprint density at radius 2 is 1.87 bits per heavy atom. The summed E-state index contributed by atoms with van der Waals surface area (Å²) in [5.74, 6) is 0. The third kappa shape index (κ3) is 5.30. The van der Waals surface area contributed by atoms with Crippen LogP contribution in [0.25, 0.3) is 0 Å². The second-order valence-electron chi connectivity index (χ2n) is 3.82. The summed E-state index contributed by atoms with van der Waals surface area (Å²) < 4.78 is 1.14. The number of benzene rings is 1. The SMILES string of the molecule is CN(CCN)CCCc1ccc(Br)cc1. The lowest BCUT2D eigenvalue weighted by molar-refractivity contribution is 0.338. The lowest BCUT2D eigenvalue weighted by Gasteiger charge is -2.14. The molecule has 0 fully saturated rings. The number of hydrogen-bond acceptors (Lipinski definition) is 2. The van der Waals surface area contributed by atoms with Gasteiger partial charge in [0.25, 0.3) is 0 Å². The van der Waals surface area contributed by atoms with Gasteiger partial charge < -0.3 is 10.6 Å². The highest BCUT2D eigenvalue weighted by molar-refractivity contribution is 9.10. The Morgan fingerprint density at radius 3 is 2.47 bits per heavy atom. The first-order valence-corrected chi connectivity index (χ1v) is 6.14. The molecule has 0 saturated carbocycles. The molecule has 0 unspecified atom stereocenters. The van der Waals surface area contributed by atoms with Crippen LogP contribution in [-0.4, -0.2) is 31.6 Å². The van der Waals surface area contributed by atoms with E-state index in [0.717, 1.165) is 30.5 Å². The van der Waals surface area contributed by atoms with Crippen molar-refractivity contribution in [3.63, 3.8) is 0 Å². The molecule has 84 valence electrons. The Labute approximate surface area is 101 Å². The topological polar surface area (TPSA) is 29.3 Å². The highest BCUT2D eigenvalue weighted by Gasteiger charge is 1.97. The predicted molar refractivity (Wildman–Crippen MR) is 69.0 cm³/mol. The predicted octanol–water partition coefficient (Wildman–Crippen LogP) is 2.27. The zero-order chi connectivity index (χ0) is 11.1. The third-order valence-corrected chi connectivity index (χ3v) is 2.96. The molecule has 1 aromatic carbocycles. The minimum atomic E-state index is 0.745. The highest BCUT2D eigenvalue weighted by atomic mass is 79.9. The molecule has 0 bridgehead atoms. The monoisotopic (exact) mass is 270 g/mol. The number of rotatable bonds is 6. The van der Waals surface area contributed by atoms with Gasteiger partial charge in [-0.05, 0) is 44.1 Å². The molecule has 0 aliphatic rings. The van der Waals surface area contributed by atoms with Crippen LogP contribution in [0.15, 0.2) is 28.7 Å². The Hall–Kier alpha value is -0.380. The highest BCUT2D eigenvalue weighted by Crippen LogP contribution is 2.11. The molecule has 1 rings (SSSR count). The van der Waals surface area contributed by atoms with Crippen molar-refractivity contribution in [3.05, 3.63) is 34.3 Å². The van der Waals surface area contributed by atoms with Gasteiger partial charge in [0, 0.05) is 17.6 Å². The third-order valence-electron chi connectivity index (χ3n) is 2.43. The van der Waals surface area contributed by atoms with Gasteiger partial charge in [0.2, 0.25) is 0 Å². The van der Waals surface area contributed by atoms with Crippen LogP contribution in [0.4, 0.5) is 0 Å². The van der Waals surface area contributed by atoms with E-state index < -0.39 is 0 Å². The Kier molecular flexibility index (Phi) is 5.91. The summed E-state index contributed by atoms with van der Waals surface area (Å²) >= 11 is 3.44. The van der Waals surface area contributed by atoms with Gasteiger partial charge in [-0.1, -0.05) is 28.1 Å². The van der Waals surface area contributed by atoms with Crippen LogP contribution in [-0.2, 0) is 6.42 Å². The van der Waals surface area contributed by atoms with Crippen molar-refractivity contribution >= 4 is 15.9 Å². The largest absolute Gasteiger partial charge is 0.329 e. The molecule has 2 nitrogen and oxygen atoms in total. The molecule has 0 aromatic heterocycles. The van der Waals surface area contributed by atoms with Crippen molar-refractivity contribution in [2.75, 3.05) is 26.7 Å². The maximum atomic E-state index is 5.48. The summed E-state index contributed by atoms with van der Waals surface area (Å²) in [5.41, 5.74) is 6.88. The lowest BCUT2D eigenvalue weighted by atomic mass is 10.1. The number of hydrogen-bond donors (Lipinski definition) is 1. The molecule has 0 heterocycles. The average molecular weight is 271 g/mol. The fourth-order valence-corrected chi connectivity index (χ4v) is 1.80. The first kappa shape index (κ1) is 12.7. The summed E-state index contributed by atoms with van der Waals surface area (Å²) in [7, 11) is 2.12. The summed E-state index contributed by atoms with van der Waals surface area (Å²) in [6.07, 6.45) is 2.33. The van der Waals surface area contributed by atoms with E-state index in [2.05, 4.69) is 52.1 Å². The molecule has 3 heteroatoms. The minimum Gasteiger partial charge on any atom is -0.329 e. The van der Waals surface area contributed by atoms with Crippen LogP contribution in [0, 0.1) is 0 Å². The standard InChI is InChI=1S/C12H19BrN2/c1-15(10-8-14)9-2-3-11-4-6-12(13)7-5-11/h4-7H,2-3,8-10,14H2,1H3. The maximum Gasteiger partial charge on any atom is 0.0175 e. The fourth-order valence-electron chi connectivity index (χ4n) is 1.54. The molecule has 1 aromatic rings. The molecule has 2 N–H and O–H groups in total. The molecule has 0 spiro atoms. The van der Waals surface area contributed by atoms with Gasteiger partial charge in [0.1, 0.15) is 0 Å². The summed E-state index contributed by atoms with van der Waals surface area (Å²) in [6.45, 7) is 2.85. The van der Waals surface area contributed by atoms with Crippen LogP contribution in [0.1, 0.15) is 12.0 Å². The van der Waals surface area contributed by atoms with E-state index in [0.29, 0.717) is 0 Å². The number of aryl methyl sites for hydroxylation is 1. The van der Waals surface area contributed by atoms with Gasteiger partial charge in [-0.3, -0.25) is 0 Å². The Morgan fingerprint density at radius 1 is 1.20 bits per heavy atom. The first-order chi connectivity index (χ1) is 7.22. The smallest absolute Gasteiger partial charge is 0.0175 e. The molecule has 0 aliphatic heterocycles. The average Bonchev–Trinajstić information content (AvgIpc) is 2.21. The molecular formula is C12H19BrN2. The zero-order valence-electron chi connectivity index (χ0n) is 9.25. The molecule has 0 amide bonds. The molecule has 0 aliphatic carbocycles. The van der Waals surface area contributed by atoms with Crippen LogP contribution >= 0.6 is 15.9 Å². The van der Waals surface area contributed by atoms with Gasteiger partial charge in [0.05, 0.1) is 0 Å². The summed E-state index contributed by atoms with van der Waals surface area (Å²) in [5, 5.41) is 0. The second kappa shape index (κ2) is 6.99. The van der Waals surface area contributed by atoms with E-state index in [1.54, 1.807) is 0 Å². The van der Waals surface area contributed by atoms with Crippen molar-refractivity contribution in [3.8, 4) is 0 Å². The van der Waals surface area contributed by atoms with Crippen LogP contribution in [0.5, 0.6) is 0 Å². The van der Waals surface area contributed by atoms with E-state index >= 15 is 0 Å². The molecular weight excluding hydrogens is 252 g/mol. The molecule has 0 atom stereocenters. The van der Waals surface area contributed by atoms with Gasteiger partial charge in [-0.25, -0.2) is 0 Å². The van der Waals surface area contributed by atoms with Crippen molar-refractivity contribution in [2.24, 2.45) is 5.73 Å². The van der Waals surface area contributed by atoms with Crippen LogP contribution < -0.4 is 5.73 Å². The van der Waals surface area contributed by atoms with Crippen molar-refractivity contribution < 1.29 is 0 Å². The first-order valence-electron chi connectivity index (χ1n) is 5.35. The fraction of sp³-hybridized carbons (Fsp3) is 0.500. The summed E-state index contributed by atoms with van der Waals surface area (Å²) in [6, 6.07) is 8.54. The molecule has 0 saturated heterocycles. The van der Waals surface area contributed by atoms with E-state index in [-0.39, 0.29) is 0 Å². The quantitative estimate of drug-likeness (QED) is 0.860.